The van der Waals surface area contributed by atoms with Crippen LogP contribution in [0.2, 0.25) is 0 Å². The van der Waals surface area contributed by atoms with Gasteiger partial charge in [0.15, 0.2) is 0 Å². The highest BCUT2D eigenvalue weighted by atomic mass is 32.1. The van der Waals surface area contributed by atoms with E-state index in [0.29, 0.717) is 0 Å². The molecular formula is C12H11N5S. The lowest BCUT2D eigenvalue weighted by Gasteiger charge is -1.83. The first-order chi connectivity index (χ1) is 8.83. The molecule has 4 rings (SSSR count). The van der Waals surface area contributed by atoms with Crippen LogP contribution in [0.15, 0.2) is 42.2 Å². The summed E-state index contributed by atoms with van der Waals surface area (Å²) in [4.78, 5) is 4.10. The highest BCUT2D eigenvalue weighted by molar-refractivity contribution is 7.14. The van der Waals surface area contributed by atoms with Gasteiger partial charge < -0.3 is 4.98 Å². The zero-order chi connectivity index (χ0) is 12.4. The predicted octanol–water partition coefficient (Wildman–Crippen LogP) is 2.66. The summed E-state index contributed by atoms with van der Waals surface area (Å²) >= 11 is 1.47. The molecule has 6 heteroatoms. The van der Waals surface area contributed by atoms with E-state index in [-0.39, 0.29) is 0 Å². The van der Waals surface area contributed by atoms with Gasteiger partial charge in [-0.1, -0.05) is 29.5 Å². The quantitative estimate of drug-likeness (QED) is 0.527. The van der Waals surface area contributed by atoms with E-state index in [0.717, 1.165) is 4.96 Å². The molecule has 0 aliphatic heterocycles. The predicted molar refractivity (Wildman–Crippen MR) is 71.7 cm³/mol. The Labute approximate surface area is 107 Å². The minimum absolute atomic E-state index is 0.838. The average Bonchev–Trinajstić information content (AvgIpc) is 3.02. The van der Waals surface area contributed by atoms with Crippen LogP contribution in [0.5, 0.6) is 0 Å². The molecule has 0 fully saturated rings. The van der Waals surface area contributed by atoms with E-state index in [9.17, 15) is 0 Å². The molecule has 0 radical (unpaired) electrons. The highest BCUT2D eigenvalue weighted by Crippen LogP contribution is 2.12. The third-order valence-electron chi connectivity index (χ3n) is 2.49. The maximum Gasteiger partial charge on any atom is 0.234 e. The normalized spacial score (nSPS) is 10.5. The number of aryl methyl sites for hydroxylation is 1. The van der Waals surface area contributed by atoms with Gasteiger partial charge in [0.1, 0.15) is 11.8 Å². The van der Waals surface area contributed by atoms with Gasteiger partial charge in [-0.15, -0.1) is 10.2 Å². The van der Waals surface area contributed by atoms with Gasteiger partial charge in [-0.25, -0.2) is 0 Å². The number of H-pyrrole nitrogens is 1. The summed E-state index contributed by atoms with van der Waals surface area (Å²) in [5, 5.41) is 12.6. The summed E-state index contributed by atoms with van der Waals surface area (Å²) in [6.45, 7) is 2.07. The first-order valence-corrected chi connectivity index (χ1v) is 6.35. The van der Waals surface area contributed by atoms with Crippen LogP contribution in [-0.2, 0) is 0 Å². The second-order valence-corrected chi connectivity index (χ2v) is 4.65. The Balaban J connectivity index is 0.000000114. The molecule has 0 unspecified atom stereocenters. The monoisotopic (exact) mass is 257 g/mol. The molecule has 90 valence electrons. The molecule has 3 heterocycles. The van der Waals surface area contributed by atoms with Crippen molar-refractivity contribution in [3.8, 4) is 0 Å². The second-order valence-electron chi connectivity index (χ2n) is 3.84. The lowest BCUT2D eigenvalue weighted by atomic mass is 10.2. The third-order valence-corrected chi connectivity index (χ3v) is 3.17. The minimum atomic E-state index is 0.838. The number of aromatic amines is 1. The fourth-order valence-corrected chi connectivity index (χ4v) is 2.26. The van der Waals surface area contributed by atoms with Crippen molar-refractivity contribution in [3.63, 3.8) is 0 Å². The number of hydrogen-bond donors (Lipinski definition) is 1. The minimum Gasteiger partial charge on any atom is -0.359 e. The molecule has 0 saturated carbocycles. The van der Waals surface area contributed by atoms with Crippen LogP contribution in [0.1, 0.15) is 5.69 Å². The summed E-state index contributed by atoms with van der Waals surface area (Å²) in [5.41, 5.74) is 4.17. The smallest absolute Gasteiger partial charge is 0.234 e. The Kier molecular flexibility index (Phi) is 2.77. The molecule has 0 atom stereocenters. The Morgan fingerprint density at radius 1 is 1.28 bits per heavy atom. The van der Waals surface area contributed by atoms with Crippen molar-refractivity contribution < 1.29 is 0 Å². The van der Waals surface area contributed by atoms with Crippen molar-refractivity contribution in [2.24, 2.45) is 0 Å². The highest BCUT2D eigenvalue weighted by Gasteiger charge is 1.92. The number of nitrogens with zero attached hydrogens (tertiary/aromatic N) is 4. The van der Waals surface area contributed by atoms with Crippen LogP contribution >= 0.6 is 11.3 Å². The van der Waals surface area contributed by atoms with Gasteiger partial charge in [0.05, 0.1) is 0 Å². The van der Waals surface area contributed by atoms with Crippen molar-refractivity contribution in [2.45, 2.75) is 6.92 Å². The largest absolute Gasteiger partial charge is 0.359 e. The van der Waals surface area contributed by atoms with Crippen molar-refractivity contribution in [2.75, 3.05) is 0 Å². The second kappa shape index (κ2) is 4.58. The van der Waals surface area contributed by atoms with E-state index in [1.165, 1.54) is 27.9 Å². The maximum absolute atomic E-state index is 3.89. The van der Waals surface area contributed by atoms with Gasteiger partial charge in [-0.3, -0.25) is 0 Å². The van der Waals surface area contributed by atoms with E-state index in [2.05, 4.69) is 51.5 Å². The van der Waals surface area contributed by atoms with E-state index in [4.69, 9.17) is 0 Å². The molecular weight excluding hydrogens is 246 g/mol. The molecule has 1 N–H and O–H groups in total. The Bertz CT molecular complexity index is 682. The van der Waals surface area contributed by atoms with Crippen molar-refractivity contribution in [3.05, 3.63) is 47.9 Å². The third kappa shape index (κ3) is 2.10. The van der Waals surface area contributed by atoms with Crippen LogP contribution in [-0.4, -0.2) is 24.8 Å². The first-order valence-electron chi connectivity index (χ1n) is 5.47. The topological polar surface area (TPSA) is 58.9 Å². The van der Waals surface area contributed by atoms with Crippen LogP contribution in [0.3, 0.4) is 0 Å². The summed E-state index contributed by atoms with van der Waals surface area (Å²) in [7, 11) is 0. The molecule has 0 spiro atoms. The average molecular weight is 257 g/mol. The number of benzene rings is 1. The lowest BCUT2D eigenvalue weighted by molar-refractivity contribution is 0.955. The fourth-order valence-electron chi connectivity index (χ4n) is 1.72. The molecule has 5 nitrogen and oxygen atoms in total. The number of rotatable bonds is 0. The number of aromatic nitrogens is 5. The zero-order valence-corrected chi connectivity index (χ0v) is 10.6. The van der Waals surface area contributed by atoms with Gasteiger partial charge in [-0.05, 0) is 24.4 Å². The summed E-state index contributed by atoms with van der Waals surface area (Å²) in [6.07, 6.45) is 1.58. The summed E-state index contributed by atoms with van der Waals surface area (Å²) in [6, 6.07) is 10.4. The van der Waals surface area contributed by atoms with Crippen molar-refractivity contribution in [1.29, 1.82) is 0 Å². The molecule has 0 aliphatic carbocycles. The Morgan fingerprint density at radius 2 is 2.17 bits per heavy atom. The summed E-state index contributed by atoms with van der Waals surface area (Å²) in [5.74, 6) is 0. The number of nitrogens with one attached hydrogen (secondary N) is 1. The van der Waals surface area contributed by atoms with E-state index >= 15 is 0 Å². The van der Waals surface area contributed by atoms with Gasteiger partial charge in [-0.2, -0.15) is 9.61 Å². The molecule has 0 saturated heterocycles. The van der Waals surface area contributed by atoms with E-state index in [1.807, 2.05) is 6.07 Å². The molecule has 3 aromatic heterocycles. The van der Waals surface area contributed by atoms with Crippen LogP contribution in [0.4, 0.5) is 0 Å². The lowest BCUT2D eigenvalue weighted by Crippen LogP contribution is -1.75. The van der Waals surface area contributed by atoms with Gasteiger partial charge in [0.25, 0.3) is 0 Å². The van der Waals surface area contributed by atoms with Gasteiger partial charge >= 0.3 is 0 Å². The zero-order valence-electron chi connectivity index (χ0n) is 9.74. The first kappa shape index (κ1) is 10.9. The Hall–Kier alpha value is -2.21. The SMILES string of the molecule is Cc1cc2ccccc2[nH]1.c1nn2cnnc2s1. The molecule has 0 amide bonds. The maximum atomic E-state index is 3.89. The molecule has 0 bridgehead atoms. The molecule has 4 aromatic rings. The molecule has 18 heavy (non-hydrogen) atoms. The van der Waals surface area contributed by atoms with Crippen LogP contribution < -0.4 is 0 Å². The summed E-state index contributed by atoms with van der Waals surface area (Å²) < 4.78 is 1.63. The van der Waals surface area contributed by atoms with Crippen molar-refractivity contribution >= 4 is 27.2 Å². The van der Waals surface area contributed by atoms with Crippen molar-refractivity contribution in [1.82, 2.24) is 24.8 Å². The van der Waals surface area contributed by atoms with Crippen LogP contribution in [0, 0.1) is 6.92 Å². The van der Waals surface area contributed by atoms with Crippen LogP contribution in [0.25, 0.3) is 15.9 Å². The number of para-hydroxylation sites is 1. The van der Waals surface area contributed by atoms with E-state index in [1.54, 1.807) is 16.4 Å². The number of fused-ring (bicyclic) bond motifs is 2. The molecule has 0 aliphatic rings. The van der Waals surface area contributed by atoms with Gasteiger partial charge in [0.2, 0.25) is 4.96 Å². The number of hydrogen-bond acceptors (Lipinski definition) is 4. The fraction of sp³-hybridized carbons (Fsp3) is 0.0833. The molecule has 1 aromatic carbocycles. The Morgan fingerprint density at radius 3 is 3.00 bits per heavy atom. The standard InChI is InChI=1S/C9H9N.C3H2N4S/c1-7-6-8-4-2-3-5-9(8)10-7;1-4-6-3-7(1)5-2-8-3/h2-6,10H,1H3;1-2H. The van der Waals surface area contributed by atoms with Gasteiger partial charge in [0, 0.05) is 11.2 Å². The van der Waals surface area contributed by atoms with E-state index < -0.39 is 0 Å².